The summed E-state index contributed by atoms with van der Waals surface area (Å²) in [7, 11) is 4.31. The number of thioether (sulfide) groups is 1. The van der Waals surface area contributed by atoms with E-state index in [0.29, 0.717) is 26.2 Å². The van der Waals surface area contributed by atoms with Gasteiger partial charge in [-0.3, -0.25) is 9.69 Å². The number of amides is 1. The SMILES string of the molecule is COc1cccc(N2C(=O)/C(=C\c3ccc(OC)c(OC)c3C(=O)O)SC2=S)c1. The zero-order valence-electron chi connectivity index (χ0n) is 15.8. The minimum absolute atomic E-state index is 0.0806. The van der Waals surface area contributed by atoms with Gasteiger partial charge in [0.05, 0.1) is 31.9 Å². The van der Waals surface area contributed by atoms with Gasteiger partial charge in [-0.2, -0.15) is 0 Å². The van der Waals surface area contributed by atoms with Crippen molar-refractivity contribution in [2.24, 2.45) is 0 Å². The van der Waals surface area contributed by atoms with Crippen molar-refractivity contribution in [1.29, 1.82) is 0 Å². The minimum atomic E-state index is -1.20. The lowest BCUT2D eigenvalue weighted by Gasteiger charge is -2.15. The number of hydrogen-bond acceptors (Lipinski definition) is 7. The van der Waals surface area contributed by atoms with Crippen LogP contribution in [0.15, 0.2) is 41.3 Å². The molecule has 1 heterocycles. The summed E-state index contributed by atoms with van der Waals surface area (Å²) < 4.78 is 15.9. The lowest BCUT2D eigenvalue weighted by molar-refractivity contribution is -0.113. The highest BCUT2D eigenvalue weighted by Crippen LogP contribution is 2.39. The van der Waals surface area contributed by atoms with Crippen molar-refractivity contribution in [3.8, 4) is 17.2 Å². The van der Waals surface area contributed by atoms with Crippen molar-refractivity contribution in [2.45, 2.75) is 0 Å². The standard InChI is InChI=1S/C20H17NO6S2/c1-25-13-6-4-5-12(10-13)21-18(22)15(29-20(21)28)9-11-7-8-14(26-2)17(27-3)16(11)19(23)24/h4-10H,1-3H3,(H,23,24)/b15-9+. The quantitative estimate of drug-likeness (QED) is 0.546. The number of thiocarbonyl (C=S) groups is 1. The Morgan fingerprint density at radius 1 is 1.14 bits per heavy atom. The number of rotatable bonds is 6. The molecule has 0 saturated carbocycles. The molecule has 150 valence electrons. The molecule has 0 atom stereocenters. The van der Waals surface area contributed by atoms with Crippen LogP contribution in [0.4, 0.5) is 5.69 Å². The second-order valence-corrected chi connectivity index (χ2v) is 7.46. The Bertz CT molecular complexity index is 1030. The number of carbonyl (C=O) groups excluding carboxylic acids is 1. The van der Waals surface area contributed by atoms with Crippen LogP contribution in [0.25, 0.3) is 6.08 Å². The molecule has 0 bridgehead atoms. The van der Waals surface area contributed by atoms with E-state index in [1.165, 1.54) is 32.3 Å². The van der Waals surface area contributed by atoms with Gasteiger partial charge >= 0.3 is 5.97 Å². The second-order valence-electron chi connectivity index (χ2n) is 5.79. The van der Waals surface area contributed by atoms with E-state index in [4.69, 9.17) is 26.4 Å². The van der Waals surface area contributed by atoms with Gasteiger partial charge in [0.25, 0.3) is 5.91 Å². The Hall–Kier alpha value is -3.04. The van der Waals surface area contributed by atoms with E-state index in [2.05, 4.69) is 0 Å². The van der Waals surface area contributed by atoms with E-state index >= 15 is 0 Å². The highest BCUT2D eigenvalue weighted by molar-refractivity contribution is 8.27. The summed E-state index contributed by atoms with van der Waals surface area (Å²) in [6, 6.07) is 10.1. The lowest BCUT2D eigenvalue weighted by Crippen LogP contribution is -2.27. The van der Waals surface area contributed by atoms with Crippen LogP contribution in [0.2, 0.25) is 0 Å². The van der Waals surface area contributed by atoms with Crippen molar-refractivity contribution in [3.05, 3.63) is 52.4 Å². The van der Waals surface area contributed by atoms with Gasteiger partial charge in [-0.1, -0.05) is 36.1 Å². The molecule has 0 radical (unpaired) electrons. The van der Waals surface area contributed by atoms with Crippen LogP contribution in [-0.2, 0) is 4.79 Å². The molecule has 1 saturated heterocycles. The van der Waals surface area contributed by atoms with Crippen molar-refractivity contribution in [2.75, 3.05) is 26.2 Å². The summed E-state index contributed by atoms with van der Waals surface area (Å²) in [5, 5.41) is 9.67. The zero-order valence-corrected chi connectivity index (χ0v) is 17.4. The van der Waals surface area contributed by atoms with Gasteiger partial charge in [0.1, 0.15) is 11.3 Å². The van der Waals surface area contributed by atoms with Crippen LogP contribution in [0.5, 0.6) is 17.2 Å². The van der Waals surface area contributed by atoms with Gasteiger partial charge in [-0.25, -0.2) is 4.79 Å². The van der Waals surface area contributed by atoms with Gasteiger partial charge in [0.2, 0.25) is 0 Å². The fourth-order valence-electron chi connectivity index (χ4n) is 2.86. The van der Waals surface area contributed by atoms with Gasteiger partial charge in [-0.05, 0) is 29.8 Å². The van der Waals surface area contributed by atoms with Gasteiger partial charge in [0, 0.05) is 6.07 Å². The molecule has 0 aromatic heterocycles. The summed E-state index contributed by atoms with van der Waals surface area (Å²) in [6.45, 7) is 0. The summed E-state index contributed by atoms with van der Waals surface area (Å²) in [5.74, 6) is -0.591. The Balaban J connectivity index is 2.05. The lowest BCUT2D eigenvalue weighted by atomic mass is 10.0. The van der Waals surface area contributed by atoms with E-state index in [0.717, 1.165) is 11.8 Å². The first-order chi connectivity index (χ1) is 13.9. The molecule has 0 aliphatic carbocycles. The molecule has 1 N–H and O–H groups in total. The molecule has 1 amide bonds. The van der Waals surface area contributed by atoms with Crippen molar-refractivity contribution >= 4 is 51.9 Å². The first-order valence-electron chi connectivity index (χ1n) is 8.31. The Labute approximate surface area is 176 Å². The largest absolute Gasteiger partial charge is 0.497 e. The van der Waals surface area contributed by atoms with Gasteiger partial charge < -0.3 is 19.3 Å². The normalized spacial score (nSPS) is 15.0. The van der Waals surface area contributed by atoms with Crippen LogP contribution in [0.1, 0.15) is 15.9 Å². The van der Waals surface area contributed by atoms with E-state index in [9.17, 15) is 14.7 Å². The Morgan fingerprint density at radius 2 is 1.90 bits per heavy atom. The zero-order chi connectivity index (χ0) is 21.1. The molecule has 7 nitrogen and oxygen atoms in total. The third-order valence-electron chi connectivity index (χ3n) is 4.18. The van der Waals surface area contributed by atoms with Crippen LogP contribution in [0, 0.1) is 0 Å². The number of benzene rings is 2. The van der Waals surface area contributed by atoms with Crippen LogP contribution in [-0.4, -0.2) is 42.6 Å². The molecule has 29 heavy (non-hydrogen) atoms. The molecule has 3 rings (SSSR count). The molecule has 1 fully saturated rings. The average molecular weight is 431 g/mol. The summed E-state index contributed by atoms with van der Waals surface area (Å²) in [6.07, 6.45) is 1.49. The van der Waals surface area contributed by atoms with Crippen LogP contribution < -0.4 is 19.1 Å². The topological polar surface area (TPSA) is 85.3 Å². The van der Waals surface area contributed by atoms with Gasteiger partial charge in [-0.15, -0.1) is 0 Å². The van der Waals surface area contributed by atoms with E-state index < -0.39 is 5.97 Å². The van der Waals surface area contributed by atoms with Gasteiger partial charge in [0.15, 0.2) is 15.8 Å². The molecule has 2 aromatic rings. The first-order valence-corrected chi connectivity index (χ1v) is 9.54. The monoisotopic (exact) mass is 431 g/mol. The number of anilines is 1. The molecule has 1 aliphatic heterocycles. The molecular formula is C20H17NO6S2. The average Bonchev–Trinajstić information content (AvgIpc) is 3.00. The Morgan fingerprint density at radius 3 is 2.52 bits per heavy atom. The molecule has 0 spiro atoms. The van der Waals surface area contributed by atoms with Crippen molar-refractivity contribution < 1.29 is 28.9 Å². The molecule has 1 aliphatic rings. The maximum absolute atomic E-state index is 13.0. The number of hydrogen-bond donors (Lipinski definition) is 1. The third-order valence-corrected chi connectivity index (χ3v) is 5.49. The second kappa shape index (κ2) is 8.54. The number of carboxylic acids is 1. The van der Waals surface area contributed by atoms with Crippen LogP contribution in [0.3, 0.4) is 0 Å². The highest BCUT2D eigenvalue weighted by atomic mass is 32.2. The molecule has 0 unspecified atom stereocenters. The number of nitrogens with zero attached hydrogens (tertiary/aromatic N) is 1. The highest BCUT2D eigenvalue weighted by Gasteiger charge is 2.34. The maximum atomic E-state index is 13.0. The Kier molecular flexibility index (Phi) is 6.09. The minimum Gasteiger partial charge on any atom is -0.497 e. The number of carboxylic acid groups (broad SMARTS) is 1. The van der Waals surface area contributed by atoms with E-state index in [1.54, 1.807) is 36.4 Å². The smallest absolute Gasteiger partial charge is 0.340 e. The number of methoxy groups -OCH3 is 3. The molecule has 2 aromatic carbocycles. The summed E-state index contributed by atoms with van der Waals surface area (Å²) in [4.78, 5) is 26.5. The molecule has 9 heteroatoms. The fraction of sp³-hybridized carbons (Fsp3) is 0.150. The predicted molar refractivity (Wildman–Crippen MR) is 115 cm³/mol. The van der Waals surface area contributed by atoms with Crippen molar-refractivity contribution in [3.63, 3.8) is 0 Å². The first kappa shape index (κ1) is 20.7. The number of aromatic carboxylic acids is 1. The van der Waals surface area contributed by atoms with Crippen LogP contribution >= 0.6 is 24.0 Å². The predicted octanol–water partition coefficient (Wildman–Crippen LogP) is 3.82. The number of ether oxygens (including phenoxy) is 3. The van der Waals surface area contributed by atoms with E-state index in [-0.39, 0.29) is 23.0 Å². The third kappa shape index (κ3) is 3.92. The molecular weight excluding hydrogens is 414 g/mol. The summed E-state index contributed by atoms with van der Waals surface area (Å²) in [5.41, 5.74) is 0.779. The van der Waals surface area contributed by atoms with E-state index in [1.807, 2.05) is 0 Å². The summed E-state index contributed by atoms with van der Waals surface area (Å²) >= 11 is 6.46. The van der Waals surface area contributed by atoms with Crippen molar-refractivity contribution in [1.82, 2.24) is 0 Å². The fourth-order valence-corrected chi connectivity index (χ4v) is 4.15. The number of carbonyl (C=O) groups is 2. The maximum Gasteiger partial charge on any atom is 0.340 e.